The SMILES string of the molecule is CC1CCC(C2CCC(C3(C)C=CC(Oc4ccc(N)cc4N)=CC3)CC2)CC1. The van der Waals surface area contributed by atoms with Crippen molar-refractivity contribution in [2.24, 2.45) is 29.1 Å². The fraction of sp³-hybridized carbons (Fsp3) is 0.615. The monoisotopic (exact) mass is 394 g/mol. The maximum atomic E-state index is 6.03. The van der Waals surface area contributed by atoms with Crippen molar-refractivity contribution < 1.29 is 4.74 Å². The Hall–Kier alpha value is -1.90. The van der Waals surface area contributed by atoms with Crippen molar-refractivity contribution in [2.75, 3.05) is 11.5 Å². The van der Waals surface area contributed by atoms with Gasteiger partial charge >= 0.3 is 0 Å². The fourth-order valence-corrected chi connectivity index (χ4v) is 5.90. The third kappa shape index (κ3) is 4.65. The van der Waals surface area contributed by atoms with Crippen LogP contribution in [0.15, 0.2) is 42.2 Å². The fourth-order valence-electron chi connectivity index (χ4n) is 5.90. The van der Waals surface area contributed by atoms with Gasteiger partial charge in [0.05, 0.1) is 5.69 Å². The molecule has 0 bridgehead atoms. The summed E-state index contributed by atoms with van der Waals surface area (Å²) in [5.41, 5.74) is 13.3. The minimum Gasteiger partial charge on any atom is -0.456 e. The van der Waals surface area contributed by atoms with Crippen LogP contribution in [0.1, 0.15) is 71.6 Å². The summed E-state index contributed by atoms with van der Waals surface area (Å²) in [6.45, 7) is 4.86. The molecule has 0 amide bonds. The lowest BCUT2D eigenvalue weighted by molar-refractivity contribution is 0.107. The Balaban J connectivity index is 1.31. The van der Waals surface area contributed by atoms with Gasteiger partial charge in [0.15, 0.2) is 0 Å². The van der Waals surface area contributed by atoms with E-state index in [9.17, 15) is 0 Å². The van der Waals surface area contributed by atoms with Gasteiger partial charge < -0.3 is 16.2 Å². The van der Waals surface area contributed by atoms with Crippen LogP contribution < -0.4 is 16.2 Å². The van der Waals surface area contributed by atoms with E-state index >= 15 is 0 Å². The first-order chi connectivity index (χ1) is 13.9. The van der Waals surface area contributed by atoms with Crippen molar-refractivity contribution in [2.45, 2.75) is 71.6 Å². The largest absolute Gasteiger partial charge is 0.456 e. The molecule has 0 heterocycles. The molecule has 0 aromatic heterocycles. The molecule has 0 spiro atoms. The summed E-state index contributed by atoms with van der Waals surface area (Å²) >= 11 is 0. The summed E-state index contributed by atoms with van der Waals surface area (Å²) < 4.78 is 6.02. The van der Waals surface area contributed by atoms with E-state index in [-0.39, 0.29) is 5.41 Å². The van der Waals surface area contributed by atoms with Crippen LogP contribution in [0, 0.1) is 29.1 Å². The van der Waals surface area contributed by atoms with Crippen LogP contribution in [-0.4, -0.2) is 0 Å². The van der Waals surface area contributed by atoms with Crippen LogP contribution in [0.3, 0.4) is 0 Å². The van der Waals surface area contributed by atoms with E-state index in [0.29, 0.717) is 17.1 Å². The van der Waals surface area contributed by atoms with Gasteiger partial charge in [-0.3, -0.25) is 0 Å². The number of nitrogens with two attached hydrogens (primary N) is 2. The van der Waals surface area contributed by atoms with E-state index in [1.54, 1.807) is 6.07 Å². The van der Waals surface area contributed by atoms with Gasteiger partial charge in [0.25, 0.3) is 0 Å². The minimum absolute atomic E-state index is 0.256. The normalized spacial score (nSPS) is 35.2. The molecule has 0 saturated heterocycles. The van der Waals surface area contributed by atoms with Gasteiger partial charge in [0.1, 0.15) is 11.5 Å². The Kier molecular flexibility index (Phi) is 5.94. The average Bonchev–Trinajstić information content (AvgIpc) is 2.72. The predicted octanol–water partition coefficient (Wildman–Crippen LogP) is 6.71. The van der Waals surface area contributed by atoms with E-state index in [1.165, 1.54) is 51.4 Å². The van der Waals surface area contributed by atoms with Gasteiger partial charge in [0, 0.05) is 5.69 Å². The van der Waals surface area contributed by atoms with E-state index < -0.39 is 0 Å². The standard InChI is InChI=1S/C26H38N2O/c1-18-3-5-19(6-4-18)20-7-9-21(10-8-20)26(2)15-13-23(14-16-26)29-25-12-11-22(27)17-24(25)28/h11-15,17-21H,3-10,16,27-28H2,1-2H3. The number of hydrogen-bond acceptors (Lipinski definition) is 3. The first-order valence-electron chi connectivity index (χ1n) is 11.7. The highest BCUT2D eigenvalue weighted by Crippen LogP contribution is 2.48. The van der Waals surface area contributed by atoms with Crippen molar-refractivity contribution in [3.63, 3.8) is 0 Å². The quantitative estimate of drug-likeness (QED) is 0.558. The molecule has 1 atom stereocenters. The van der Waals surface area contributed by atoms with Crippen LogP contribution in [0.2, 0.25) is 0 Å². The molecule has 158 valence electrons. The van der Waals surface area contributed by atoms with Gasteiger partial charge in [-0.2, -0.15) is 0 Å². The van der Waals surface area contributed by atoms with Crippen molar-refractivity contribution in [1.29, 1.82) is 0 Å². The highest BCUT2D eigenvalue weighted by molar-refractivity contribution is 5.61. The maximum Gasteiger partial charge on any atom is 0.150 e. The Labute approximate surface area is 176 Å². The number of nitrogen functional groups attached to an aromatic ring is 2. The summed E-state index contributed by atoms with van der Waals surface area (Å²) in [5, 5.41) is 0. The second kappa shape index (κ2) is 8.45. The Bertz CT molecular complexity index is 767. The maximum absolute atomic E-state index is 6.03. The highest BCUT2D eigenvalue weighted by Gasteiger charge is 2.37. The molecule has 4 rings (SSSR count). The number of benzene rings is 1. The summed E-state index contributed by atoms with van der Waals surface area (Å²) in [6.07, 6.45) is 19.3. The van der Waals surface area contributed by atoms with Crippen molar-refractivity contribution in [1.82, 2.24) is 0 Å². The molecule has 0 radical (unpaired) electrons. The van der Waals surface area contributed by atoms with Gasteiger partial charge in [-0.1, -0.05) is 32.8 Å². The Morgan fingerprint density at radius 1 is 0.931 bits per heavy atom. The predicted molar refractivity (Wildman–Crippen MR) is 122 cm³/mol. The van der Waals surface area contributed by atoms with Gasteiger partial charge in [-0.05, 0) is 104 Å². The number of rotatable bonds is 4. The molecule has 3 aliphatic rings. The average molecular weight is 395 g/mol. The third-order valence-electron chi connectivity index (χ3n) is 8.06. The molecule has 3 heteroatoms. The number of hydrogen-bond donors (Lipinski definition) is 2. The van der Waals surface area contributed by atoms with E-state index in [1.807, 2.05) is 12.1 Å². The Morgan fingerprint density at radius 3 is 2.17 bits per heavy atom. The Morgan fingerprint density at radius 2 is 1.59 bits per heavy atom. The zero-order valence-corrected chi connectivity index (χ0v) is 18.2. The molecule has 0 aliphatic heterocycles. The van der Waals surface area contributed by atoms with Crippen LogP contribution in [0.25, 0.3) is 0 Å². The second-order valence-corrected chi connectivity index (χ2v) is 10.2. The molecule has 29 heavy (non-hydrogen) atoms. The van der Waals surface area contributed by atoms with Crippen LogP contribution in [-0.2, 0) is 0 Å². The van der Waals surface area contributed by atoms with E-state index in [4.69, 9.17) is 16.2 Å². The van der Waals surface area contributed by atoms with Crippen molar-refractivity contribution >= 4 is 11.4 Å². The molecule has 1 unspecified atom stereocenters. The zero-order chi connectivity index (χ0) is 20.4. The minimum atomic E-state index is 0.256. The molecule has 4 N–H and O–H groups in total. The number of allylic oxidation sites excluding steroid dienone is 3. The molecular weight excluding hydrogens is 356 g/mol. The zero-order valence-electron chi connectivity index (χ0n) is 18.2. The van der Waals surface area contributed by atoms with Gasteiger partial charge in [0.2, 0.25) is 0 Å². The molecule has 2 saturated carbocycles. The van der Waals surface area contributed by atoms with Crippen molar-refractivity contribution in [3.8, 4) is 5.75 Å². The molecule has 2 fully saturated rings. The van der Waals surface area contributed by atoms with Crippen molar-refractivity contribution in [3.05, 3.63) is 42.2 Å². The number of ether oxygens (including phenoxy) is 1. The first-order valence-corrected chi connectivity index (χ1v) is 11.7. The van der Waals surface area contributed by atoms with Crippen LogP contribution >= 0.6 is 0 Å². The molecule has 3 nitrogen and oxygen atoms in total. The smallest absolute Gasteiger partial charge is 0.150 e. The lowest BCUT2D eigenvalue weighted by Gasteiger charge is -2.43. The van der Waals surface area contributed by atoms with Gasteiger partial charge in [-0.15, -0.1) is 0 Å². The lowest BCUT2D eigenvalue weighted by atomic mass is 9.62. The van der Waals surface area contributed by atoms with E-state index in [2.05, 4.69) is 32.1 Å². The first kappa shape index (κ1) is 20.4. The van der Waals surface area contributed by atoms with Gasteiger partial charge in [-0.25, -0.2) is 0 Å². The second-order valence-electron chi connectivity index (χ2n) is 10.2. The van der Waals surface area contributed by atoms with Crippen LogP contribution in [0.4, 0.5) is 11.4 Å². The molecular formula is C26H38N2O. The van der Waals surface area contributed by atoms with E-state index in [0.717, 1.165) is 35.9 Å². The lowest BCUT2D eigenvalue weighted by Crippen LogP contribution is -2.33. The summed E-state index contributed by atoms with van der Waals surface area (Å²) in [4.78, 5) is 0. The summed E-state index contributed by atoms with van der Waals surface area (Å²) in [6, 6.07) is 5.42. The summed E-state index contributed by atoms with van der Waals surface area (Å²) in [5.74, 6) is 5.31. The molecule has 1 aromatic carbocycles. The highest BCUT2D eigenvalue weighted by atomic mass is 16.5. The third-order valence-corrected chi connectivity index (χ3v) is 8.06. The van der Waals surface area contributed by atoms with Crippen LogP contribution in [0.5, 0.6) is 5.75 Å². The molecule has 3 aliphatic carbocycles. The topological polar surface area (TPSA) is 61.3 Å². The summed E-state index contributed by atoms with van der Waals surface area (Å²) in [7, 11) is 0. The molecule has 1 aromatic rings. The number of anilines is 2.